The van der Waals surface area contributed by atoms with Crippen LogP contribution in [0.2, 0.25) is 10.0 Å². The zero-order valence-corrected chi connectivity index (χ0v) is 10.6. The van der Waals surface area contributed by atoms with E-state index in [1.807, 2.05) is 13.0 Å². The molecule has 0 aliphatic heterocycles. The number of nitrogens with two attached hydrogens (primary N) is 1. The number of hydrogen-bond donors (Lipinski definition) is 2. The maximum absolute atomic E-state index is 11.4. The van der Waals surface area contributed by atoms with Gasteiger partial charge in [0, 0.05) is 0 Å². The maximum atomic E-state index is 11.4. The molecular weight excluding hydrogens is 247 g/mol. The lowest BCUT2D eigenvalue weighted by Gasteiger charge is -2.16. The third-order valence-corrected chi connectivity index (χ3v) is 2.96. The molecule has 0 saturated heterocycles. The summed E-state index contributed by atoms with van der Waals surface area (Å²) in [7, 11) is 0. The second-order valence-electron chi connectivity index (χ2n) is 3.69. The van der Waals surface area contributed by atoms with Crippen molar-refractivity contribution in [2.24, 2.45) is 5.73 Å². The molecule has 88 valence electrons. The monoisotopic (exact) mass is 260 g/mol. The van der Waals surface area contributed by atoms with Crippen molar-refractivity contribution >= 4 is 29.1 Å². The van der Waals surface area contributed by atoms with Crippen LogP contribution in [-0.2, 0) is 4.79 Å². The highest BCUT2D eigenvalue weighted by Gasteiger charge is 2.13. The topological polar surface area (TPSA) is 55.1 Å². The standard InChI is InChI=1S/C11H14Cl2N2O/c1-6(14)11(16)15-7(2)8-3-4-9(12)10(13)5-8/h3-7H,14H2,1-2H3,(H,15,16)/t6-,7?/m0/s1. The van der Waals surface area contributed by atoms with Crippen LogP contribution in [0.15, 0.2) is 18.2 Å². The SMILES string of the molecule is CC(NC(=O)[C@H](C)N)c1ccc(Cl)c(Cl)c1. The first-order valence-electron chi connectivity index (χ1n) is 4.92. The average molecular weight is 261 g/mol. The van der Waals surface area contributed by atoms with Gasteiger partial charge < -0.3 is 11.1 Å². The minimum atomic E-state index is -0.523. The highest BCUT2D eigenvalue weighted by molar-refractivity contribution is 6.42. The summed E-state index contributed by atoms with van der Waals surface area (Å²) >= 11 is 11.7. The Morgan fingerprint density at radius 1 is 1.31 bits per heavy atom. The average Bonchev–Trinajstić information content (AvgIpc) is 2.21. The molecule has 0 spiro atoms. The highest BCUT2D eigenvalue weighted by Crippen LogP contribution is 2.25. The summed E-state index contributed by atoms with van der Waals surface area (Å²) in [4.78, 5) is 11.4. The van der Waals surface area contributed by atoms with Crippen molar-refractivity contribution in [3.05, 3.63) is 33.8 Å². The van der Waals surface area contributed by atoms with Crippen LogP contribution in [0.5, 0.6) is 0 Å². The fourth-order valence-corrected chi connectivity index (χ4v) is 1.52. The first kappa shape index (κ1) is 13.3. The van der Waals surface area contributed by atoms with E-state index in [0.29, 0.717) is 10.0 Å². The molecule has 0 aliphatic rings. The third kappa shape index (κ3) is 3.37. The van der Waals surface area contributed by atoms with Gasteiger partial charge in [0.15, 0.2) is 0 Å². The Labute approximate surface area is 105 Å². The predicted molar refractivity (Wildman–Crippen MR) is 66.7 cm³/mol. The van der Waals surface area contributed by atoms with E-state index in [1.165, 1.54) is 0 Å². The number of rotatable bonds is 3. The van der Waals surface area contributed by atoms with Crippen LogP contribution >= 0.6 is 23.2 Å². The Hall–Kier alpha value is -0.770. The normalized spacial score (nSPS) is 14.3. The van der Waals surface area contributed by atoms with Crippen LogP contribution in [0.3, 0.4) is 0 Å². The van der Waals surface area contributed by atoms with Gasteiger partial charge in [-0.1, -0.05) is 29.3 Å². The largest absolute Gasteiger partial charge is 0.348 e. The van der Waals surface area contributed by atoms with Gasteiger partial charge in [-0.15, -0.1) is 0 Å². The summed E-state index contributed by atoms with van der Waals surface area (Å²) in [6, 6.07) is 4.59. The number of carbonyl (C=O) groups excluding carboxylic acids is 1. The van der Waals surface area contributed by atoms with Crippen molar-refractivity contribution in [1.82, 2.24) is 5.32 Å². The van der Waals surface area contributed by atoms with Gasteiger partial charge in [0.1, 0.15) is 0 Å². The van der Waals surface area contributed by atoms with Gasteiger partial charge in [0.2, 0.25) is 5.91 Å². The van der Waals surface area contributed by atoms with Gasteiger partial charge in [0.25, 0.3) is 0 Å². The number of amides is 1. The Kier molecular flexibility index (Phi) is 4.59. The van der Waals surface area contributed by atoms with E-state index in [-0.39, 0.29) is 11.9 Å². The molecular formula is C11H14Cl2N2O. The molecule has 1 aromatic carbocycles. The van der Waals surface area contributed by atoms with Crippen molar-refractivity contribution < 1.29 is 4.79 Å². The quantitative estimate of drug-likeness (QED) is 0.878. The molecule has 0 fully saturated rings. The van der Waals surface area contributed by atoms with E-state index >= 15 is 0 Å². The molecule has 2 atom stereocenters. The Morgan fingerprint density at radius 2 is 1.94 bits per heavy atom. The third-order valence-electron chi connectivity index (χ3n) is 2.22. The number of nitrogens with one attached hydrogen (secondary N) is 1. The van der Waals surface area contributed by atoms with Crippen molar-refractivity contribution in [2.75, 3.05) is 0 Å². The van der Waals surface area contributed by atoms with Gasteiger partial charge in [-0.25, -0.2) is 0 Å². The minimum absolute atomic E-state index is 0.145. The van der Waals surface area contributed by atoms with Gasteiger partial charge in [-0.3, -0.25) is 4.79 Å². The number of carbonyl (C=O) groups is 1. The lowest BCUT2D eigenvalue weighted by atomic mass is 10.1. The van der Waals surface area contributed by atoms with Crippen LogP contribution in [0, 0.1) is 0 Å². The molecule has 1 unspecified atom stereocenters. The molecule has 0 saturated carbocycles. The molecule has 0 bridgehead atoms. The first-order chi connectivity index (χ1) is 7.41. The van der Waals surface area contributed by atoms with Crippen molar-refractivity contribution in [2.45, 2.75) is 25.9 Å². The van der Waals surface area contributed by atoms with Crippen molar-refractivity contribution in [3.8, 4) is 0 Å². The smallest absolute Gasteiger partial charge is 0.237 e. The molecule has 5 heteroatoms. The maximum Gasteiger partial charge on any atom is 0.237 e. The van der Waals surface area contributed by atoms with Gasteiger partial charge in [0.05, 0.1) is 22.1 Å². The van der Waals surface area contributed by atoms with E-state index in [1.54, 1.807) is 19.1 Å². The molecule has 0 radical (unpaired) electrons. The van der Waals surface area contributed by atoms with Crippen LogP contribution in [0.1, 0.15) is 25.5 Å². The van der Waals surface area contributed by atoms with Gasteiger partial charge in [-0.05, 0) is 31.5 Å². The summed E-state index contributed by atoms with van der Waals surface area (Å²) in [6.07, 6.45) is 0. The second kappa shape index (κ2) is 5.53. The minimum Gasteiger partial charge on any atom is -0.348 e. The highest BCUT2D eigenvalue weighted by atomic mass is 35.5. The van der Waals surface area contributed by atoms with Gasteiger partial charge in [-0.2, -0.15) is 0 Å². The molecule has 1 rings (SSSR count). The van der Waals surface area contributed by atoms with Gasteiger partial charge >= 0.3 is 0 Å². The fourth-order valence-electron chi connectivity index (χ4n) is 1.21. The lowest BCUT2D eigenvalue weighted by Crippen LogP contribution is -2.39. The van der Waals surface area contributed by atoms with E-state index in [9.17, 15) is 4.79 Å². The molecule has 0 aromatic heterocycles. The van der Waals surface area contributed by atoms with E-state index in [4.69, 9.17) is 28.9 Å². The first-order valence-corrected chi connectivity index (χ1v) is 5.68. The predicted octanol–water partition coefficient (Wildman–Crippen LogP) is 2.52. The molecule has 0 heterocycles. The molecule has 3 nitrogen and oxygen atoms in total. The second-order valence-corrected chi connectivity index (χ2v) is 4.51. The summed E-state index contributed by atoms with van der Waals surface area (Å²) in [5.41, 5.74) is 6.35. The fraction of sp³-hybridized carbons (Fsp3) is 0.364. The Bertz CT molecular complexity index is 394. The molecule has 3 N–H and O–H groups in total. The van der Waals surface area contributed by atoms with Crippen LogP contribution in [-0.4, -0.2) is 11.9 Å². The molecule has 0 aliphatic carbocycles. The summed E-state index contributed by atoms with van der Waals surface area (Å²) in [6.45, 7) is 3.50. The molecule has 1 amide bonds. The van der Waals surface area contributed by atoms with Crippen molar-refractivity contribution in [1.29, 1.82) is 0 Å². The van der Waals surface area contributed by atoms with E-state index in [0.717, 1.165) is 5.56 Å². The van der Waals surface area contributed by atoms with Crippen LogP contribution in [0.25, 0.3) is 0 Å². The summed E-state index contributed by atoms with van der Waals surface area (Å²) in [5, 5.41) is 3.75. The number of benzene rings is 1. The number of hydrogen-bond acceptors (Lipinski definition) is 2. The zero-order chi connectivity index (χ0) is 12.3. The van der Waals surface area contributed by atoms with E-state index in [2.05, 4.69) is 5.32 Å². The summed E-state index contributed by atoms with van der Waals surface area (Å²) in [5.74, 6) is -0.196. The number of halogens is 2. The van der Waals surface area contributed by atoms with Crippen molar-refractivity contribution in [3.63, 3.8) is 0 Å². The van der Waals surface area contributed by atoms with Crippen LogP contribution in [0.4, 0.5) is 0 Å². The van der Waals surface area contributed by atoms with E-state index < -0.39 is 6.04 Å². The lowest BCUT2D eigenvalue weighted by molar-refractivity contribution is -0.122. The zero-order valence-electron chi connectivity index (χ0n) is 9.13. The Morgan fingerprint density at radius 3 is 2.44 bits per heavy atom. The molecule has 1 aromatic rings. The molecule has 16 heavy (non-hydrogen) atoms. The Balaban J connectivity index is 2.77. The summed E-state index contributed by atoms with van der Waals surface area (Å²) < 4.78 is 0. The van der Waals surface area contributed by atoms with Crippen LogP contribution < -0.4 is 11.1 Å².